The van der Waals surface area contributed by atoms with E-state index in [1.54, 1.807) is 0 Å². The molecule has 0 amide bonds. The van der Waals surface area contributed by atoms with Crippen LogP contribution >= 0.6 is 0 Å². The van der Waals surface area contributed by atoms with E-state index in [-0.39, 0.29) is 6.10 Å². The topological polar surface area (TPSA) is 40.5 Å². The quantitative estimate of drug-likeness (QED) is 0.571. The van der Waals surface area contributed by atoms with E-state index in [1.165, 1.54) is 19.3 Å². The number of rotatable bonds is 0. The molecule has 11 heavy (non-hydrogen) atoms. The van der Waals surface area contributed by atoms with E-state index in [9.17, 15) is 0 Å². The summed E-state index contributed by atoms with van der Waals surface area (Å²) in [6.45, 7) is 4.00. The second-order valence-corrected chi connectivity index (χ2v) is 2.29. The molecule has 0 spiro atoms. The van der Waals surface area contributed by atoms with Gasteiger partial charge in [0, 0.05) is 7.11 Å². The van der Waals surface area contributed by atoms with Crippen LogP contribution in [0.15, 0.2) is 0 Å². The van der Waals surface area contributed by atoms with Gasteiger partial charge in [0.1, 0.15) is 0 Å². The molecule has 2 N–H and O–H groups in total. The summed E-state index contributed by atoms with van der Waals surface area (Å²) in [7, 11) is 1.00. The third kappa shape index (κ3) is 9.92. The fourth-order valence-electron chi connectivity index (χ4n) is 1.08. The Morgan fingerprint density at radius 2 is 1.27 bits per heavy atom. The summed E-state index contributed by atoms with van der Waals surface area (Å²) in [6.07, 6.45) is 5.92. The predicted molar refractivity (Wildman–Crippen MR) is 48.6 cm³/mol. The largest absolute Gasteiger partial charge is 0.400 e. The molecule has 0 aliphatic heterocycles. The highest BCUT2D eigenvalue weighted by Crippen LogP contribution is 2.16. The van der Waals surface area contributed by atoms with Gasteiger partial charge in [-0.15, -0.1) is 0 Å². The second kappa shape index (κ2) is 12.6. The van der Waals surface area contributed by atoms with E-state index in [4.69, 9.17) is 10.2 Å². The molecule has 1 aliphatic rings. The zero-order valence-corrected chi connectivity index (χ0v) is 8.01. The zero-order chi connectivity index (χ0) is 9.11. The lowest BCUT2D eigenvalue weighted by molar-refractivity contribution is 0.130. The van der Waals surface area contributed by atoms with Crippen molar-refractivity contribution in [1.82, 2.24) is 0 Å². The highest BCUT2D eigenvalue weighted by molar-refractivity contribution is 4.61. The standard InChI is InChI=1S/C6H12O.C2H6.CH4O/c7-6-4-2-1-3-5-6;2*1-2/h6-7H,1-5H2;1-2H3;2H,1H3. The number of hydrogen-bond acceptors (Lipinski definition) is 2. The maximum absolute atomic E-state index is 8.91. The molecule has 0 bridgehead atoms. The smallest absolute Gasteiger partial charge is 0.0540 e. The van der Waals surface area contributed by atoms with Gasteiger partial charge in [-0.3, -0.25) is 0 Å². The monoisotopic (exact) mass is 162 g/mol. The van der Waals surface area contributed by atoms with Crippen LogP contribution in [0.25, 0.3) is 0 Å². The molecule has 1 fully saturated rings. The van der Waals surface area contributed by atoms with Gasteiger partial charge >= 0.3 is 0 Å². The number of aliphatic hydroxyl groups is 2. The van der Waals surface area contributed by atoms with Gasteiger partial charge in [0.15, 0.2) is 0 Å². The third-order valence-corrected chi connectivity index (χ3v) is 1.57. The summed E-state index contributed by atoms with van der Waals surface area (Å²) in [6, 6.07) is 0. The van der Waals surface area contributed by atoms with Crippen LogP contribution in [-0.2, 0) is 0 Å². The molecule has 1 saturated carbocycles. The van der Waals surface area contributed by atoms with Crippen molar-refractivity contribution in [2.75, 3.05) is 7.11 Å². The van der Waals surface area contributed by atoms with Crippen LogP contribution in [0.4, 0.5) is 0 Å². The normalized spacial score (nSPS) is 17.2. The maximum atomic E-state index is 8.91. The van der Waals surface area contributed by atoms with Gasteiger partial charge in [-0.25, -0.2) is 0 Å². The van der Waals surface area contributed by atoms with Gasteiger partial charge in [0.05, 0.1) is 6.10 Å². The molecule has 2 nitrogen and oxygen atoms in total. The molecule has 0 unspecified atom stereocenters. The predicted octanol–water partition coefficient (Wildman–Crippen LogP) is 1.95. The molecule has 0 heterocycles. The second-order valence-electron chi connectivity index (χ2n) is 2.29. The van der Waals surface area contributed by atoms with Gasteiger partial charge in [-0.2, -0.15) is 0 Å². The molecule has 0 atom stereocenters. The van der Waals surface area contributed by atoms with Crippen molar-refractivity contribution >= 4 is 0 Å². The van der Waals surface area contributed by atoms with Crippen molar-refractivity contribution in [3.8, 4) is 0 Å². The highest BCUT2D eigenvalue weighted by Gasteiger charge is 2.07. The van der Waals surface area contributed by atoms with Crippen LogP contribution in [0.2, 0.25) is 0 Å². The molecule has 0 saturated heterocycles. The first kappa shape index (κ1) is 13.5. The van der Waals surface area contributed by atoms with Crippen molar-refractivity contribution in [2.24, 2.45) is 0 Å². The molecule has 1 aliphatic carbocycles. The first-order valence-corrected chi connectivity index (χ1v) is 4.52. The zero-order valence-electron chi connectivity index (χ0n) is 8.01. The molecule has 0 aromatic carbocycles. The molecular formula is C9H22O2. The molecule has 0 aromatic rings. The van der Waals surface area contributed by atoms with Crippen molar-refractivity contribution in [3.63, 3.8) is 0 Å². The Morgan fingerprint density at radius 1 is 0.909 bits per heavy atom. The Kier molecular flexibility index (Phi) is 15.4. The summed E-state index contributed by atoms with van der Waals surface area (Å²) < 4.78 is 0. The van der Waals surface area contributed by atoms with E-state index in [0.717, 1.165) is 20.0 Å². The lowest BCUT2D eigenvalue weighted by Crippen LogP contribution is -2.09. The first-order chi connectivity index (χ1) is 5.39. The average Bonchev–Trinajstić information content (AvgIpc) is 2.13. The Labute approximate surface area is 70.3 Å². The minimum Gasteiger partial charge on any atom is -0.400 e. The molecule has 0 radical (unpaired) electrons. The average molecular weight is 162 g/mol. The Hall–Kier alpha value is -0.0800. The fraction of sp³-hybridized carbons (Fsp3) is 1.00. The highest BCUT2D eigenvalue weighted by atomic mass is 16.3. The van der Waals surface area contributed by atoms with Crippen molar-refractivity contribution in [1.29, 1.82) is 0 Å². The number of hydrogen-bond donors (Lipinski definition) is 2. The summed E-state index contributed by atoms with van der Waals surface area (Å²) >= 11 is 0. The summed E-state index contributed by atoms with van der Waals surface area (Å²) in [5.41, 5.74) is 0. The van der Waals surface area contributed by atoms with Gasteiger partial charge in [0.2, 0.25) is 0 Å². The van der Waals surface area contributed by atoms with Crippen LogP contribution in [0.5, 0.6) is 0 Å². The maximum Gasteiger partial charge on any atom is 0.0540 e. The Bertz CT molecular complexity index is 49.5. The minimum absolute atomic E-state index is 0.0359. The number of aliphatic hydroxyl groups excluding tert-OH is 2. The van der Waals surface area contributed by atoms with Gasteiger partial charge < -0.3 is 10.2 Å². The lowest BCUT2D eigenvalue weighted by atomic mass is 9.98. The fourth-order valence-corrected chi connectivity index (χ4v) is 1.08. The van der Waals surface area contributed by atoms with Gasteiger partial charge in [-0.05, 0) is 12.8 Å². The van der Waals surface area contributed by atoms with Crippen LogP contribution in [0.1, 0.15) is 46.0 Å². The van der Waals surface area contributed by atoms with E-state index in [2.05, 4.69) is 0 Å². The molecule has 70 valence electrons. The first-order valence-electron chi connectivity index (χ1n) is 4.52. The molecule has 0 aromatic heterocycles. The van der Waals surface area contributed by atoms with E-state index in [1.807, 2.05) is 13.8 Å². The van der Waals surface area contributed by atoms with Crippen LogP contribution in [0.3, 0.4) is 0 Å². The van der Waals surface area contributed by atoms with Crippen LogP contribution in [-0.4, -0.2) is 23.4 Å². The Morgan fingerprint density at radius 3 is 1.45 bits per heavy atom. The molecular weight excluding hydrogens is 140 g/mol. The van der Waals surface area contributed by atoms with Gasteiger partial charge in [-0.1, -0.05) is 33.1 Å². The van der Waals surface area contributed by atoms with E-state index >= 15 is 0 Å². The SMILES string of the molecule is CC.CO.OC1CCCCC1. The van der Waals surface area contributed by atoms with E-state index in [0.29, 0.717) is 0 Å². The van der Waals surface area contributed by atoms with Crippen LogP contribution in [0, 0.1) is 0 Å². The lowest BCUT2D eigenvalue weighted by Gasteiger charge is -2.14. The summed E-state index contributed by atoms with van der Waals surface area (Å²) in [4.78, 5) is 0. The van der Waals surface area contributed by atoms with Crippen molar-refractivity contribution in [2.45, 2.75) is 52.1 Å². The van der Waals surface area contributed by atoms with Crippen molar-refractivity contribution < 1.29 is 10.2 Å². The van der Waals surface area contributed by atoms with Crippen LogP contribution < -0.4 is 0 Å². The third-order valence-electron chi connectivity index (χ3n) is 1.57. The summed E-state index contributed by atoms with van der Waals surface area (Å²) in [5.74, 6) is 0. The molecule has 1 rings (SSSR count). The minimum atomic E-state index is 0.0359. The Balaban J connectivity index is 0. The van der Waals surface area contributed by atoms with Crippen molar-refractivity contribution in [3.05, 3.63) is 0 Å². The van der Waals surface area contributed by atoms with Gasteiger partial charge in [0.25, 0.3) is 0 Å². The summed E-state index contributed by atoms with van der Waals surface area (Å²) in [5, 5.41) is 15.9. The van der Waals surface area contributed by atoms with E-state index < -0.39 is 0 Å². The molecule has 2 heteroatoms.